The van der Waals surface area contributed by atoms with Gasteiger partial charge < -0.3 is 14.8 Å². The Balaban J connectivity index is 1.62. The normalized spacial score (nSPS) is 17.3. The Kier molecular flexibility index (Phi) is 6.06. The summed E-state index contributed by atoms with van der Waals surface area (Å²) in [4.78, 5) is 35.8. The van der Waals surface area contributed by atoms with E-state index in [9.17, 15) is 14.7 Å². The van der Waals surface area contributed by atoms with Gasteiger partial charge in [-0.1, -0.05) is 55.8 Å². The van der Waals surface area contributed by atoms with Crippen LogP contribution in [0, 0.1) is 12.8 Å². The fourth-order valence-electron chi connectivity index (χ4n) is 4.39. The van der Waals surface area contributed by atoms with Crippen molar-refractivity contribution >= 4 is 34.4 Å². The molecule has 1 atom stereocenters. The molecule has 5 rings (SSSR count). The second kappa shape index (κ2) is 9.34. The van der Waals surface area contributed by atoms with E-state index in [0.717, 1.165) is 11.1 Å². The van der Waals surface area contributed by atoms with Crippen molar-refractivity contribution in [1.82, 2.24) is 9.97 Å². The Morgan fingerprint density at radius 1 is 1.06 bits per heavy atom. The molecular weight excluding hydrogens is 454 g/mol. The van der Waals surface area contributed by atoms with Crippen LogP contribution in [0.25, 0.3) is 16.8 Å². The number of amides is 1. The van der Waals surface area contributed by atoms with E-state index in [-0.39, 0.29) is 17.3 Å². The third-order valence-corrected chi connectivity index (χ3v) is 6.12. The van der Waals surface area contributed by atoms with Gasteiger partial charge >= 0.3 is 5.91 Å². The van der Waals surface area contributed by atoms with Crippen molar-refractivity contribution in [3.63, 3.8) is 0 Å². The number of H-pyrrole nitrogens is 1. The lowest BCUT2D eigenvalue weighted by molar-refractivity contribution is -0.132. The lowest BCUT2D eigenvalue weighted by atomic mass is 9.94. The molecule has 0 radical (unpaired) electrons. The van der Waals surface area contributed by atoms with Gasteiger partial charge in [-0.2, -0.15) is 0 Å². The number of Topliss-reactive ketones (excluding diaryl/α,β-unsaturated/α-hetero) is 1. The van der Waals surface area contributed by atoms with Gasteiger partial charge in [-0.3, -0.25) is 14.5 Å². The highest BCUT2D eigenvalue weighted by Crippen LogP contribution is 2.42. The standard InChI is InChI=1S/C29H27N3O4/c1-17(2)16-36-21-13-11-19(12-14-21)26(33)24-25(20-8-6-7-18(3)15-20)32(28(35)27(24)34)29-30-22-9-4-5-10-23(22)31-29/h4-15,17,25,33H,16H2,1-3H3,(H,30,31)/b26-24+. The zero-order chi connectivity index (χ0) is 25.4. The largest absolute Gasteiger partial charge is 0.507 e. The Hall–Kier alpha value is -4.39. The van der Waals surface area contributed by atoms with Crippen LogP contribution in [0.5, 0.6) is 5.75 Å². The SMILES string of the molecule is Cc1cccc(C2/C(=C(\O)c3ccc(OCC(C)C)cc3)C(=O)C(=O)N2c2nc3ccccc3[nH]2)c1. The molecule has 1 aliphatic rings. The maximum Gasteiger partial charge on any atom is 0.302 e. The van der Waals surface area contributed by atoms with E-state index in [2.05, 4.69) is 23.8 Å². The number of aromatic amines is 1. The van der Waals surface area contributed by atoms with E-state index in [4.69, 9.17) is 4.74 Å². The molecule has 4 aromatic rings. The van der Waals surface area contributed by atoms with Crippen LogP contribution >= 0.6 is 0 Å². The number of nitrogens with one attached hydrogen (secondary N) is 1. The van der Waals surface area contributed by atoms with Gasteiger partial charge in [0.15, 0.2) is 0 Å². The molecule has 3 aromatic carbocycles. The number of benzene rings is 3. The number of rotatable bonds is 6. The summed E-state index contributed by atoms with van der Waals surface area (Å²) in [5.74, 6) is -0.464. The number of carbonyl (C=O) groups is 2. The number of aromatic nitrogens is 2. The number of hydrogen-bond acceptors (Lipinski definition) is 5. The average molecular weight is 482 g/mol. The number of aliphatic hydroxyl groups excluding tert-OH is 1. The van der Waals surface area contributed by atoms with Crippen LogP contribution in [-0.2, 0) is 9.59 Å². The maximum atomic E-state index is 13.4. The van der Waals surface area contributed by atoms with Crippen LogP contribution in [0.2, 0.25) is 0 Å². The molecule has 1 aromatic heterocycles. The number of hydrogen-bond donors (Lipinski definition) is 2. The van der Waals surface area contributed by atoms with Gasteiger partial charge in [0.1, 0.15) is 11.5 Å². The van der Waals surface area contributed by atoms with E-state index in [1.807, 2.05) is 55.5 Å². The number of nitrogens with zero attached hydrogens (tertiary/aromatic N) is 2. The van der Waals surface area contributed by atoms with Crippen molar-refractivity contribution in [3.05, 3.63) is 95.1 Å². The molecule has 0 aliphatic carbocycles. The van der Waals surface area contributed by atoms with E-state index < -0.39 is 17.7 Å². The first-order valence-corrected chi connectivity index (χ1v) is 11.9. The first-order valence-electron chi connectivity index (χ1n) is 11.9. The highest BCUT2D eigenvalue weighted by atomic mass is 16.5. The lowest BCUT2D eigenvalue weighted by Crippen LogP contribution is -2.30. The van der Waals surface area contributed by atoms with E-state index >= 15 is 0 Å². The summed E-state index contributed by atoms with van der Waals surface area (Å²) >= 11 is 0. The predicted molar refractivity (Wildman–Crippen MR) is 139 cm³/mol. The van der Waals surface area contributed by atoms with Crippen molar-refractivity contribution in [1.29, 1.82) is 0 Å². The molecule has 2 N–H and O–H groups in total. The zero-order valence-electron chi connectivity index (χ0n) is 20.4. The van der Waals surface area contributed by atoms with Crippen molar-refractivity contribution in [2.75, 3.05) is 11.5 Å². The summed E-state index contributed by atoms with van der Waals surface area (Å²) in [6, 6.07) is 21.0. The number of anilines is 1. The molecule has 1 aliphatic heterocycles. The topological polar surface area (TPSA) is 95.5 Å². The Morgan fingerprint density at radius 3 is 2.50 bits per heavy atom. The summed E-state index contributed by atoms with van der Waals surface area (Å²) in [7, 11) is 0. The number of fused-ring (bicyclic) bond motifs is 1. The molecule has 7 heteroatoms. The Morgan fingerprint density at radius 2 is 1.81 bits per heavy atom. The molecule has 1 amide bonds. The van der Waals surface area contributed by atoms with Gasteiger partial charge in [-0.05, 0) is 54.8 Å². The highest BCUT2D eigenvalue weighted by Gasteiger charge is 2.48. The molecule has 2 heterocycles. The molecule has 1 saturated heterocycles. The molecule has 182 valence electrons. The third kappa shape index (κ3) is 4.24. The summed E-state index contributed by atoms with van der Waals surface area (Å²) in [5, 5.41) is 11.3. The number of ketones is 1. The van der Waals surface area contributed by atoms with Gasteiger partial charge in [-0.15, -0.1) is 0 Å². The van der Waals surface area contributed by atoms with E-state index in [1.165, 1.54) is 4.90 Å². The number of imidazole rings is 1. The first kappa shape index (κ1) is 23.4. The number of aliphatic hydroxyl groups is 1. The fourth-order valence-corrected chi connectivity index (χ4v) is 4.39. The Labute approximate surface area is 209 Å². The van der Waals surface area contributed by atoms with Crippen LogP contribution in [0.1, 0.15) is 36.6 Å². The summed E-state index contributed by atoms with van der Waals surface area (Å²) < 4.78 is 5.73. The van der Waals surface area contributed by atoms with Crippen molar-refractivity contribution in [2.24, 2.45) is 5.92 Å². The first-order chi connectivity index (χ1) is 17.3. The van der Waals surface area contributed by atoms with Gasteiger partial charge in [0.25, 0.3) is 5.78 Å². The van der Waals surface area contributed by atoms with Crippen molar-refractivity contribution in [2.45, 2.75) is 26.8 Å². The predicted octanol–water partition coefficient (Wildman–Crippen LogP) is 5.53. The van der Waals surface area contributed by atoms with E-state index in [1.54, 1.807) is 24.3 Å². The quantitative estimate of drug-likeness (QED) is 0.214. The zero-order valence-corrected chi connectivity index (χ0v) is 20.4. The summed E-state index contributed by atoms with van der Waals surface area (Å²) in [5.41, 5.74) is 3.53. The van der Waals surface area contributed by atoms with Crippen LogP contribution in [0.15, 0.2) is 78.4 Å². The van der Waals surface area contributed by atoms with Crippen molar-refractivity contribution in [3.8, 4) is 5.75 Å². The van der Waals surface area contributed by atoms with Crippen molar-refractivity contribution < 1.29 is 19.4 Å². The number of aryl methyl sites for hydroxylation is 1. The highest BCUT2D eigenvalue weighted by molar-refractivity contribution is 6.51. The minimum Gasteiger partial charge on any atom is -0.507 e. The number of ether oxygens (including phenoxy) is 1. The second-order valence-electron chi connectivity index (χ2n) is 9.39. The molecular formula is C29H27N3O4. The molecule has 0 spiro atoms. The van der Waals surface area contributed by atoms with Crippen LogP contribution < -0.4 is 9.64 Å². The molecule has 1 unspecified atom stereocenters. The second-order valence-corrected chi connectivity index (χ2v) is 9.39. The molecule has 1 fully saturated rings. The molecule has 0 saturated carbocycles. The van der Waals surface area contributed by atoms with E-state index in [0.29, 0.717) is 34.9 Å². The smallest absolute Gasteiger partial charge is 0.302 e. The van der Waals surface area contributed by atoms with Gasteiger partial charge in [-0.25, -0.2) is 4.98 Å². The summed E-state index contributed by atoms with van der Waals surface area (Å²) in [6.45, 7) is 6.63. The molecule has 36 heavy (non-hydrogen) atoms. The number of carbonyl (C=O) groups excluding carboxylic acids is 2. The fraction of sp³-hybridized carbons (Fsp3) is 0.207. The minimum absolute atomic E-state index is 0.0157. The van der Waals surface area contributed by atoms with Crippen LogP contribution in [0.4, 0.5) is 5.95 Å². The summed E-state index contributed by atoms with van der Waals surface area (Å²) in [6.07, 6.45) is 0. The Bertz CT molecular complexity index is 1450. The maximum absolute atomic E-state index is 13.4. The molecule has 0 bridgehead atoms. The monoisotopic (exact) mass is 481 g/mol. The van der Waals surface area contributed by atoms with Gasteiger partial charge in [0, 0.05) is 5.56 Å². The van der Waals surface area contributed by atoms with Crippen LogP contribution in [-0.4, -0.2) is 33.4 Å². The van der Waals surface area contributed by atoms with Crippen LogP contribution in [0.3, 0.4) is 0 Å². The lowest BCUT2D eigenvalue weighted by Gasteiger charge is -2.23. The minimum atomic E-state index is -0.845. The third-order valence-electron chi connectivity index (χ3n) is 6.12. The number of para-hydroxylation sites is 2. The van der Waals surface area contributed by atoms with Gasteiger partial charge in [0.2, 0.25) is 5.95 Å². The van der Waals surface area contributed by atoms with Gasteiger partial charge in [0.05, 0.1) is 29.3 Å². The average Bonchev–Trinajstić information content (AvgIpc) is 3.41. The molecule has 7 nitrogen and oxygen atoms in total.